The molecule has 1 aliphatic carbocycles. The summed E-state index contributed by atoms with van der Waals surface area (Å²) in [6.45, 7) is 6.26. The highest BCUT2D eigenvalue weighted by Crippen LogP contribution is 2.24. The second kappa shape index (κ2) is 7.67. The summed E-state index contributed by atoms with van der Waals surface area (Å²) in [6, 6.07) is 0.650. The van der Waals surface area contributed by atoms with Crippen LogP contribution in [-0.4, -0.2) is 49.7 Å². The lowest BCUT2D eigenvalue weighted by atomic mass is 10.1. The Hall–Kier alpha value is -0.610. The zero-order valence-corrected chi connectivity index (χ0v) is 11.4. The van der Waals surface area contributed by atoms with E-state index >= 15 is 0 Å². The monoisotopic (exact) mass is 242 g/mol. The molecule has 1 N–H and O–H groups in total. The number of rotatable bonds is 9. The number of hydrogen-bond acceptors (Lipinski definition) is 4. The van der Waals surface area contributed by atoms with Crippen LogP contribution < -0.4 is 5.32 Å². The number of nitrogens with zero attached hydrogens (tertiary/aromatic N) is 1. The molecular weight excluding hydrogens is 216 g/mol. The van der Waals surface area contributed by atoms with E-state index in [9.17, 15) is 4.79 Å². The summed E-state index contributed by atoms with van der Waals surface area (Å²) in [5, 5.41) is 3.30. The van der Waals surface area contributed by atoms with Crippen molar-refractivity contribution in [3.63, 3.8) is 0 Å². The van der Waals surface area contributed by atoms with Gasteiger partial charge in [-0.3, -0.25) is 4.79 Å². The Kier molecular flexibility index (Phi) is 6.52. The highest BCUT2D eigenvalue weighted by Gasteiger charge is 2.26. The largest absolute Gasteiger partial charge is 0.465 e. The highest BCUT2D eigenvalue weighted by molar-refractivity contribution is 5.75. The predicted molar refractivity (Wildman–Crippen MR) is 69.0 cm³/mol. The normalized spacial score (nSPS) is 17.2. The molecule has 0 aromatic rings. The van der Waals surface area contributed by atoms with Crippen LogP contribution in [-0.2, 0) is 9.53 Å². The van der Waals surface area contributed by atoms with E-state index in [4.69, 9.17) is 4.74 Å². The third-order valence-electron chi connectivity index (χ3n) is 3.17. The highest BCUT2D eigenvalue weighted by atomic mass is 16.5. The van der Waals surface area contributed by atoms with Gasteiger partial charge < -0.3 is 15.0 Å². The van der Waals surface area contributed by atoms with Gasteiger partial charge in [0, 0.05) is 19.1 Å². The lowest BCUT2D eigenvalue weighted by molar-refractivity contribution is -0.145. The van der Waals surface area contributed by atoms with Gasteiger partial charge in [-0.1, -0.05) is 13.3 Å². The minimum Gasteiger partial charge on any atom is -0.465 e. The summed E-state index contributed by atoms with van der Waals surface area (Å²) in [5.41, 5.74) is 0. The first-order valence-corrected chi connectivity index (χ1v) is 6.79. The van der Waals surface area contributed by atoms with Crippen molar-refractivity contribution in [2.75, 3.05) is 26.7 Å². The van der Waals surface area contributed by atoms with Crippen LogP contribution in [0.25, 0.3) is 0 Å². The fourth-order valence-electron chi connectivity index (χ4n) is 1.95. The van der Waals surface area contributed by atoms with E-state index in [-0.39, 0.29) is 12.0 Å². The molecule has 1 unspecified atom stereocenters. The van der Waals surface area contributed by atoms with Crippen LogP contribution in [0.4, 0.5) is 0 Å². The molecule has 0 bridgehead atoms. The summed E-state index contributed by atoms with van der Waals surface area (Å²) in [7, 11) is 2.15. The summed E-state index contributed by atoms with van der Waals surface area (Å²) in [5.74, 6) is -0.108. The van der Waals surface area contributed by atoms with Gasteiger partial charge in [0.05, 0.1) is 6.61 Å². The van der Waals surface area contributed by atoms with Crippen LogP contribution in [0.2, 0.25) is 0 Å². The number of nitrogens with one attached hydrogen (secondary N) is 1. The third kappa shape index (κ3) is 5.50. The Morgan fingerprint density at radius 2 is 2.18 bits per heavy atom. The molecule has 1 aliphatic rings. The molecule has 1 atom stereocenters. The van der Waals surface area contributed by atoms with Gasteiger partial charge in [-0.05, 0) is 33.2 Å². The van der Waals surface area contributed by atoms with E-state index < -0.39 is 0 Å². The quantitative estimate of drug-likeness (QED) is 0.621. The van der Waals surface area contributed by atoms with Gasteiger partial charge in [0.1, 0.15) is 6.04 Å². The first-order chi connectivity index (χ1) is 8.19. The van der Waals surface area contributed by atoms with Crippen LogP contribution in [0.5, 0.6) is 0 Å². The Morgan fingerprint density at radius 1 is 1.47 bits per heavy atom. The van der Waals surface area contributed by atoms with Crippen molar-refractivity contribution < 1.29 is 9.53 Å². The molecule has 0 aliphatic heterocycles. The first kappa shape index (κ1) is 14.5. The van der Waals surface area contributed by atoms with Crippen LogP contribution in [0, 0.1) is 0 Å². The zero-order valence-electron chi connectivity index (χ0n) is 11.4. The molecule has 4 nitrogen and oxygen atoms in total. The van der Waals surface area contributed by atoms with Crippen LogP contribution in [0.1, 0.15) is 39.5 Å². The summed E-state index contributed by atoms with van der Waals surface area (Å²) in [6.07, 6.45) is 4.50. The van der Waals surface area contributed by atoms with Crippen LogP contribution in [0.15, 0.2) is 0 Å². The van der Waals surface area contributed by atoms with Crippen molar-refractivity contribution in [1.82, 2.24) is 10.2 Å². The predicted octanol–water partition coefficient (Wildman–Crippen LogP) is 1.40. The molecule has 0 aromatic carbocycles. The maximum atomic E-state index is 11.7. The van der Waals surface area contributed by atoms with Gasteiger partial charge in [0.15, 0.2) is 0 Å². The SMILES string of the molecule is CCCC(NCCN(C)C1CC1)C(=O)OCC. The van der Waals surface area contributed by atoms with Gasteiger partial charge in [-0.25, -0.2) is 0 Å². The Balaban J connectivity index is 2.20. The van der Waals surface area contributed by atoms with Gasteiger partial charge in [-0.15, -0.1) is 0 Å². The summed E-state index contributed by atoms with van der Waals surface area (Å²) >= 11 is 0. The van der Waals surface area contributed by atoms with E-state index in [1.54, 1.807) is 0 Å². The minimum absolute atomic E-state index is 0.108. The van der Waals surface area contributed by atoms with E-state index in [0.717, 1.165) is 32.0 Å². The van der Waals surface area contributed by atoms with Crippen LogP contribution in [0.3, 0.4) is 0 Å². The summed E-state index contributed by atoms with van der Waals surface area (Å²) in [4.78, 5) is 14.0. The Labute approximate surface area is 105 Å². The van der Waals surface area contributed by atoms with Crippen molar-refractivity contribution in [3.05, 3.63) is 0 Å². The molecule has 0 radical (unpaired) electrons. The molecule has 1 rings (SSSR count). The van der Waals surface area contributed by atoms with E-state index in [1.165, 1.54) is 12.8 Å². The molecule has 100 valence electrons. The minimum atomic E-state index is -0.132. The molecule has 0 amide bonds. The average Bonchev–Trinajstić information content (AvgIpc) is 3.11. The van der Waals surface area contributed by atoms with E-state index in [2.05, 4.69) is 24.2 Å². The van der Waals surface area contributed by atoms with Gasteiger partial charge >= 0.3 is 5.97 Å². The van der Waals surface area contributed by atoms with Crippen LogP contribution >= 0.6 is 0 Å². The summed E-state index contributed by atoms with van der Waals surface area (Å²) < 4.78 is 5.06. The molecule has 0 heterocycles. The second-order valence-electron chi connectivity index (χ2n) is 4.76. The topological polar surface area (TPSA) is 41.6 Å². The Bertz CT molecular complexity index is 229. The fraction of sp³-hybridized carbons (Fsp3) is 0.923. The zero-order chi connectivity index (χ0) is 12.7. The number of ether oxygens (including phenoxy) is 1. The van der Waals surface area contributed by atoms with Crippen molar-refractivity contribution in [2.24, 2.45) is 0 Å². The number of esters is 1. The van der Waals surface area contributed by atoms with Crippen molar-refractivity contribution in [3.8, 4) is 0 Å². The molecule has 1 saturated carbocycles. The molecule has 0 saturated heterocycles. The number of likely N-dealkylation sites (N-methyl/N-ethyl adjacent to an activating group) is 1. The fourth-order valence-corrected chi connectivity index (χ4v) is 1.95. The van der Waals surface area contributed by atoms with Crippen molar-refractivity contribution in [2.45, 2.75) is 51.6 Å². The number of carbonyl (C=O) groups excluding carboxylic acids is 1. The number of hydrogen-bond donors (Lipinski definition) is 1. The number of carbonyl (C=O) groups is 1. The lowest BCUT2D eigenvalue weighted by Crippen LogP contribution is -2.42. The second-order valence-corrected chi connectivity index (χ2v) is 4.76. The smallest absolute Gasteiger partial charge is 0.323 e. The van der Waals surface area contributed by atoms with Gasteiger partial charge in [0.25, 0.3) is 0 Å². The molecule has 17 heavy (non-hydrogen) atoms. The van der Waals surface area contributed by atoms with Gasteiger partial charge in [-0.2, -0.15) is 0 Å². The molecule has 0 spiro atoms. The van der Waals surface area contributed by atoms with Gasteiger partial charge in [0.2, 0.25) is 0 Å². The van der Waals surface area contributed by atoms with E-state index in [0.29, 0.717) is 6.61 Å². The lowest BCUT2D eigenvalue weighted by Gasteiger charge is -2.20. The standard InChI is InChI=1S/C13H26N2O2/c1-4-6-12(13(16)17-5-2)14-9-10-15(3)11-7-8-11/h11-12,14H,4-10H2,1-3H3. The maximum absolute atomic E-state index is 11.7. The van der Waals surface area contributed by atoms with E-state index in [1.807, 2.05) is 6.92 Å². The Morgan fingerprint density at radius 3 is 2.71 bits per heavy atom. The average molecular weight is 242 g/mol. The molecule has 1 fully saturated rings. The molecule has 0 aromatic heterocycles. The maximum Gasteiger partial charge on any atom is 0.323 e. The van der Waals surface area contributed by atoms with Crippen molar-refractivity contribution >= 4 is 5.97 Å². The molecular formula is C13H26N2O2. The first-order valence-electron chi connectivity index (χ1n) is 6.79. The third-order valence-corrected chi connectivity index (χ3v) is 3.17. The molecule has 4 heteroatoms. The van der Waals surface area contributed by atoms with Crippen molar-refractivity contribution in [1.29, 1.82) is 0 Å².